The molecule has 2 nitrogen and oxygen atoms in total. The van der Waals surface area contributed by atoms with Crippen LogP contribution < -0.4 is 4.74 Å². The first-order valence-electron chi connectivity index (χ1n) is 4.85. The molecule has 0 saturated heterocycles. The van der Waals surface area contributed by atoms with Crippen LogP contribution in [0.3, 0.4) is 0 Å². The Hall–Kier alpha value is -1.26. The van der Waals surface area contributed by atoms with Gasteiger partial charge in [-0.25, -0.2) is 4.98 Å². The number of hydrogen-bond donors (Lipinski definition) is 0. The average Bonchev–Trinajstić information content (AvgIpc) is 2.12. The molecule has 0 spiro atoms. The highest BCUT2D eigenvalue weighted by Crippen LogP contribution is 2.35. The van der Waals surface area contributed by atoms with Gasteiger partial charge in [-0.2, -0.15) is 13.2 Å². The highest BCUT2D eigenvalue weighted by molar-refractivity contribution is 5.28. The van der Waals surface area contributed by atoms with Gasteiger partial charge in [-0.1, -0.05) is 20.8 Å². The number of nitrogens with zero attached hydrogens (tertiary/aromatic N) is 1. The Bertz CT molecular complexity index is 355. The molecule has 0 fully saturated rings. The lowest BCUT2D eigenvalue weighted by Crippen LogP contribution is -2.19. The lowest BCUT2D eigenvalue weighted by molar-refractivity contribution is -0.139. The zero-order valence-electron chi connectivity index (χ0n) is 9.43. The summed E-state index contributed by atoms with van der Waals surface area (Å²) in [5.74, 6) is -0.357. The molecule has 0 amide bonds. The molecule has 1 heterocycles. The van der Waals surface area contributed by atoms with Gasteiger partial charge < -0.3 is 4.74 Å². The molecule has 1 aromatic rings. The average molecular weight is 233 g/mol. The van der Waals surface area contributed by atoms with Crippen molar-refractivity contribution in [2.75, 3.05) is 6.61 Å². The van der Waals surface area contributed by atoms with E-state index in [1.165, 1.54) is 12.3 Å². The first-order chi connectivity index (χ1) is 7.20. The minimum atomic E-state index is -4.43. The van der Waals surface area contributed by atoms with Crippen LogP contribution in [0.25, 0.3) is 0 Å². The zero-order chi connectivity index (χ0) is 12.4. The van der Waals surface area contributed by atoms with E-state index in [2.05, 4.69) is 4.98 Å². The maximum absolute atomic E-state index is 12.5. The lowest BCUT2D eigenvalue weighted by atomic mass is 9.99. The van der Waals surface area contributed by atoms with Gasteiger partial charge in [0, 0.05) is 6.20 Å². The molecule has 0 N–H and O–H groups in total. The molecule has 0 aliphatic heterocycles. The summed E-state index contributed by atoms with van der Waals surface area (Å²) in [4.78, 5) is 3.61. The Morgan fingerprint density at radius 2 is 1.88 bits per heavy atom. The van der Waals surface area contributed by atoms with E-state index in [0.717, 1.165) is 6.07 Å². The molecular formula is C11H14F3NO. The van der Waals surface area contributed by atoms with E-state index in [9.17, 15) is 13.2 Å². The van der Waals surface area contributed by atoms with Crippen LogP contribution in [0.5, 0.6) is 5.88 Å². The molecule has 1 rings (SSSR count). The number of alkyl halides is 3. The quantitative estimate of drug-likeness (QED) is 0.779. The van der Waals surface area contributed by atoms with Crippen LogP contribution in [0.1, 0.15) is 26.3 Å². The summed E-state index contributed by atoms with van der Waals surface area (Å²) >= 11 is 0. The fraction of sp³-hybridized carbons (Fsp3) is 0.545. The fourth-order valence-corrected chi connectivity index (χ4v) is 1.01. The summed E-state index contributed by atoms with van der Waals surface area (Å²) < 4.78 is 42.7. The van der Waals surface area contributed by atoms with E-state index in [4.69, 9.17) is 4.74 Å². The highest BCUT2D eigenvalue weighted by atomic mass is 19.4. The van der Waals surface area contributed by atoms with Crippen LogP contribution in [-0.4, -0.2) is 11.6 Å². The Kier molecular flexibility index (Phi) is 3.45. The van der Waals surface area contributed by atoms with Crippen molar-refractivity contribution < 1.29 is 17.9 Å². The van der Waals surface area contributed by atoms with Crippen molar-refractivity contribution in [1.82, 2.24) is 4.98 Å². The minimum Gasteiger partial charge on any atom is -0.477 e. The first-order valence-corrected chi connectivity index (χ1v) is 4.85. The molecule has 0 aliphatic rings. The predicted octanol–water partition coefficient (Wildman–Crippen LogP) is 3.53. The minimum absolute atomic E-state index is 0.188. The predicted molar refractivity (Wildman–Crippen MR) is 54.2 cm³/mol. The van der Waals surface area contributed by atoms with Gasteiger partial charge in [-0.05, 0) is 17.5 Å². The maximum Gasteiger partial charge on any atom is 0.421 e. The van der Waals surface area contributed by atoms with Gasteiger partial charge in [0.15, 0.2) is 0 Å². The van der Waals surface area contributed by atoms with E-state index in [1.807, 2.05) is 20.8 Å². The summed E-state index contributed by atoms with van der Waals surface area (Å²) in [6, 6.07) is 2.21. The molecule has 0 unspecified atom stereocenters. The third-order valence-electron chi connectivity index (χ3n) is 1.72. The van der Waals surface area contributed by atoms with E-state index < -0.39 is 11.7 Å². The standard InChI is InChI=1S/C11H14F3NO/c1-10(2,3)7-16-9-8(11(12,13)14)5-4-6-15-9/h4-6H,7H2,1-3H3. The molecule has 1 aromatic heterocycles. The van der Waals surface area contributed by atoms with Crippen LogP contribution in [0.2, 0.25) is 0 Å². The number of aromatic nitrogens is 1. The van der Waals surface area contributed by atoms with Crippen molar-refractivity contribution in [3.05, 3.63) is 23.9 Å². The smallest absolute Gasteiger partial charge is 0.421 e. The maximum atomic E-state index is 12.5. The fourth-order valence-electron chi connectivity index (χ4n) is 1.01. The summed E-state index contributed by atoms with van der Waals surface area (Å²) in [6.45, 7) is 5.82. The van der Waals surface area contributed by atoms with Gasteiger partial charge in [-0.3, -0.25) is 0 Å². The van der Waals surface area contributed by atoms with Crippen molar-refractivity contribution in [2.24, 2.45) is 5.41 Å². The zero-order valence-corrected chi connectivity index (χ0v) is 9.43. The van der Waals surface area contributed by atoms with Crippen LogP contribution >= 0.6 is 0 Å². The third kappa shape index (κ3) is 3.72. The number of rotatable bonds is 2. The first kappa shape index (κ1) is 12.8. The summed E-state index contributed by atoms with van der Waals surface area (Å²) in [7, 11) is 0. The SMILES string of the molecule is CC(C)(C)COc1ncccc1C(F)(F)F. The Morgan fingerprint density at radius 3 is 2.38 bits per heavy atom. The largest absolute Gasteiger partial charge is 0.477 e. The second kappa shape index (κ2) is 4.31. The molecule has 5 heteroatoms. The van der Waals surface area contributed by atoms with Crippen molar-refractivity contribution in [3.8, 4) is 5.88 Å². The molecule has 0 atom stereocenters. The van der Waals surface area contributed by atoms with Gasteiger partial charge in [-0.15, -0.1) is 0 Å². The molecule has 0 saturated carbocycles. The van der Waals surface area contributed by atoms with Gasteiger partial charge >= 0.3 is 6.18 Å². The van der Waals surface area contributed by atoms with Crippen LogP contribution in [0.4, 0.5) is 13.2 Å². The Labute approximate surface area is 92.5 Å². The van der Waals surface area contributed by atoms with Crippen molar-refractivity contribution in [2.45, 2.75) is 26.9 Å². The van der Waals surface area contributed by atoms with Crippen LogP contribution in [0, 0.1) is 5.41 Å². The Balaban J connectivity index is 2.88. The molecule has 0 aliphatic carbocycles. The number of halogens is 3. The summed E-state index contributed by atoms with van der Waals surface area (Å²) in [5, 5.41) is 0. The molecular weight excluding hydrogens is 219 g/mol. The van der Waals surface area contributed by atoms with Gasteiger partial charge in [0.25, 0.3) is 0 Å². The van der Waals surface area contributed by atoms with Gasteiger partial charge in [0.05, 0.1) is 6.61 Å². The topological polar surface area (TPSA) is 22.1 Å². The highest BCUT2D eigenvalue weighted by Gasteiger charge is 2.35. The van der Waals surface area contributed by atoms with Gasteiger partial charge in [0.2, 0.25) is 5.88 Å². The number of pyridine rings is 1. The van der Waals surface area contributed by atoms with E-state index in [-0.39, 0.29) is 17.9 Å². The third-order valence-corrected chi connectivity index (χ3v) is 1.72. The second-order valence-corrected chi connectivity index (χ2v) is 4.70. The summed E-state index contributed by atoms with van der Waals surface area (Å²) in [6.07, 6.45) is -3.14. The molecule has 90 valence electrons. The molecule has 0 aromatic carbocycles. The lowest BCUT2D eigenvalue weighted by Gasteiger charge is -2.20. The molecule has 0 radical (unpaired) electrons. The number of hydrogen-bond acceptors (Lipinski definition) is 2. The van der Waals surface area contributed by atoms with E-state index >= 15 is 0 Å². The van der Waals surface area contributed by atoms with Crippen LogP contribution in [0.15, 0.2) is 18.3 Å². The summed E-state index contributed by atoms with van der Waals surface area (Å²) in [5.41, 5.74) is -1.04. The second-order valence-electron chi connectivity index (χ2n) is 4.70. The monoisotopic (exact) mass is 233 g/mol. The normalized spacial score (nSPS) is 12.6. The van der Waals surface area contributed by atoms with Crippen molar-refractivity contribution >= 4 is 0 Å². The Morgan fingerprint density at radius 1 is 1.25 bits per heavy atom. The van der Waals surface area contributed by atoms with E-state index in [1.54, 1.807) is 0 Å². The van der Waals surface area contributed by atoms with Crippen molar-refractivity contribution in [3.63, 3.8) is 0 Å². The van der Waals surface area contributed by atoms with Crippen molar-refractivity contribution in [1.29, 1.82) is 0 Å². The van der Waals surface area contributed by atoms with E-state index in [0.29, 0.717) is 0 Å². The van der Waals surface area contributed by atoms with Crippen LogP contribution in [-0.2, 0) is 6.18 Å². The number of ether oxygens (including phenoxy) is 1. The molecule has 0 bridgehead atoms. The molecule has 16 heavy (non-hydrogen) atoms. The van der Waals surface area contributed by atoms with Gasteiger partial charge in [0.1, 0.15) is 5.56 Å².